The van der Waals surface area contributed by atoms with Gasteiger partial charge in [-0.1, -0.05) is 6.42 Å². The maximum absolute atomic E-state index is 11.5. The number of ether oxygens (including phenoxy) is 1. The summed E-state index contributed by atoms with van der Waals surface area (Å²) in [6.45, 7) is 6.00. The highest BCUT2D eigenvalue weighted by molar-refractivity contribution is 5.75. The third-order valence-corrected chi connectivity index (χ3v) is 3.06. The first kappa shape index (κ1) is 16.6. The van der Waals surface area contributed by atoms with Crippen LogP contribution in [0.2, 0.25) is 0 Å². The van der Waals surface area contributed by atoms with Gasteiger partial charge in [-0.2, -0.15) is 0 Å². The summed E-state index contributed by atoms with van der Waals surface area (Å²) in [6.07, 6.45) is 6.35. The minimum atomic E-state index is -0.435. The molecule has 0 aromatic carbocycles. The van der Waals surface area contributed by atoms with Crippen molar-refractivity contribution in [1.29, 1.82) is 0 Å². The largest absolute Gasteiger partial charge is 0.465 e. The first-order chi connectivity index (χ1) is 9.41. The van der Waals surface area contributed by atoms with E-state index in [1.165, 1.54) is 0 Å². The number of hydrogen-bond donors (Lipinski definition) is 1. The number of aliphatic hydroxyl groups is 1. The lowest BCUT2D eigenvalue weighted by atomic mass is 9.97. The van der Waals surface area contributed by atoms with Crippen molar-refractivity contribution in [3.8, 4) is 0 Å². The second-order valence-corrected chi connectivity index (χ2v) is 6.03. The second-order valence-electron chi connectivity index (χ2n) is 6.03. The normalized spacial score (nSPS) is 13.0. The van der Waals surface area contributed by atoms with E-state index in [1.54, 1.807) is 12.4 Å². The number of carbonyl (C=O) groups excluding carboxylic acids is 1. The van der Waals surface area contributed by atoms with Gasteiger partial charge in [0.25, 0.3) is 0 Å². The third kappa shape index (κ3) is 6.15. The molecule has 1 N–H and O–H groups in total. The standard InChI is InChI=1S/C16H25NO3/c1-16(2,3)15(19)20-12-6-4-5-7-14(18)13-8-10-17-11-9-13/h8-11,14,18H,4-7,12H2,1-3H3/t14-/m0/s1. The summed E-state index contributed by atoms with van der Waals surface area (Å²) in [4.78, 5) is 15.4. The zero-order valence-electron chi connectivity index (χ0n) is 12.6. The molecule has 4 heteroatoms. The molecule has 0 aliphatic heterocycles. The van der Waals surface area contributed by atoms with Crippen LogP contribution in [0.1, 0.15) is 58.1 Å². The number of rotatable bonds is 7. The van der Waals surface area contributed by atoms with Crippen LogP contribution in [0.4, 0.5) is 0 Å². The SMILES string of the molecule is CC(C)(C)C(=O)OCCCCC[C@H](O)c1ccncc1. The molecule has 0 saturated heterocycles. The van der Waals surface area contributed by atoms with E-state index >= 15 is 0 Å². The predicted octanol–water partition coefficient (Wildman–Crippen LogP) is 3.26. The summed E-state index contributed by atoms with van der Waals surface area (Å²) in [6, 6.07) is 3.66. The fourth-order valence-electron chi connectivity index (χ4n) is 1.75. The Labute approximate surface area is 121 Å². The Hall–Kier alpha value is -1.42. The summed E-state index contributed by atoms with van der Waals surface area (Å²) >= 11 is 0. The molecule has 1 rings (SSSR count). The molecule has 0 amide bonds. The zero-order valence-corrected chi connectivity index (χ0v) is 12.6. The Morgan fingerprint density at radius 2 is 1.90 bits per heavy atom. The van der Waals surface area contributed by atoms with Crippen molar-refractivity contribution in [3.63, 3.8) is 0 Å². The molecular formula is C16H25NO3. The zero-order chi connectivity index (χ0) is 15.0. The van der Waals surface area contributed by atoms with Gasteiger partial charge in [-0.05, 0) is 57.7 Å². The van der Waals surface area contributed by atoms with Crippen LogP contribution >= 0.6 is 0 Å². The molecule has 0 fully saturated rings. The number of carbonyl (C=O) groups is 1. The molecule has 0 unspecified atom stereocenters. The van der Waals surface area contributed by atoms with Gasteiger partial charge in [0.05, 0.1) is 18.1 Å². The average molecular weight is 279 g/mol. The molecular weight excluding hydrogens is 254 g/mol. The van der Waals surface area contributed by atoms with Crippen LogP contribution in [0, 0.1) is 5.41 Å². The van der Waals surface area contributed by atoms with E-state index in [9.17, 15) is 9.90 Å². The van der Waals surface area contributed by atoms with Gasteiger partial charge < -0.3 is 9.84 Å². The lowest BCUT2D eigenvalue weighted by Gasteiger charge is -2.16. The summed E-state index contributed by atoms with van der Waals surface area (Å²) in [5, 5.41) is 9.96. The van der Waals surface area contributed by atoms with E-state index in [2.05, 4.69) is 4.98 Å². The monoisotopic (exact) mass is 279 g/mol. The van der Waals surface area contributed by atoms with Crippen molar-refractivity contribution in [2.45, 2.75) is 52.6 Å². The van der Waals surface area contributed by atoms with Gasteiger partial charge in [0, 0.05) is 12.4 Å². The topological polar surface area (TPSA) is 59.4 Å². The molecule has 1 aromatic heterocycles. The number of unbranched alkanes of at least 4 members (excludes halogenated alkanes) is 2. The minimum Gasteiger partial charge on any atom is -0.465 e. The van der Waals surface area contributed by atoms with Crippen LogP contribution < -0.4 is 0 Å². The molecule has 1 atom stereocenters. The number of aliphatic hydroxyl groups excluding tert-OH is 1. The second kappa shape index (κ2) is 8.00. The first-order valence-electron chi connectivity index (χ1n) is 7.16. The van der Waals surface area contributed by atoms with Crippen molar-refractivity contribution >= 4 is 5.97 Å². The van der Waals surface area contributed by atoms with E-state index in [4.69, 9.17) is 4.74 Å². The van der Waals surface area contributed by atoms with E-state index < -0.39 is 11.5 Å². The molecule has 0 spiro atoms. The Morgan fingerprint density at radius 1 is 1.25 bits per heavy atom. The van der Waals surface area contributed by atoms with Gasteiger partial charge in [-0.15, -0.1) is 0 Å². The van der Waals surface area contributed by atoms with E-state index in [1.807, 2.05) is 32.9 Å². The van der Waals surface area contributed by atoms with Crippen molar-refractivity contribution in [2.24, 2.45) is 5.41 Å². The molecule has 1 heterocycles. The Bertz CT molecular complexity index is 398. The van der Waals surface area contributed by atoms with Crippen LogP contribution in [0.25, 0.3) is 0 Å². The summed E-state index contributed by atoms with van der Waals surface area (Å²) < 4.78 is 5.19. The maximum atomic E-state index is 11.5. The number of pyridine rings is 1. The maximum Gasteiger partial charge on any atom is 0.311 e. The molecule has 4 nitrogen and oxygen atoms in total. The van der Waals surface area contributed by atoms with Gasteiger partial charge >= 0.3 is 5.97 Å². The van der Waals surface area contributed by atoms with Crippen molar-refractivity contribution in [1.82, 2.24) is 4.98 Å². The Morgan fingerprint density at radius 3 is 2.50 bits per heavy atom. The Balaban J connectivity index is 2.10. The molecule has 0 aliphatic carbocycles. The van der Waals surface area contributed by atoms with Crippen LogP contribution in [-0.2, 0) is 9.53 Å². The molecule has 0 saturated carbocycles. The molecule has 20 heavy (non-hydrogen) atoms. The van der Waals surface area contributed by atoms with Crippen LogP contribution in [-0.4, -0.2) is 22.7 Å². The van der Waals surface area contributed by atoms with Crippen LogP contribution in [0.15, 0.2) is 24.5 Å². The lowest BCUT2D eigenvalue weighted by Crippen LogP contribution is -2.23. The van der Waals surface area contributed by atoms with Crippen molar-refractivity contribution < 1.29 is 14.6 Å². The number of esters is 1. The van der Waals surface area contributed by atoms with Gasteiger partial charge in [-0.25, -0.2) is 0 Å². The van der Waals surface area contributed by atoms with Gasteiger partial charge in [0.15, 0.2) is 0 Å². The number of hydrogen-bond acceptors (Lipinski definition) is 4. The van der Waals surface area contributed by atoms with E-state index in [0.717, 1.165) is 31.2 Å². The lowest BCUT2D eigenvalue weighted by molar-refractivity contribution is -0.153. The van der Waals surface area contributed by atoms with Gasteiger partial charge in [-0.3, -0.25) is 9.78 Å². The van der Waals surface area contributed by atoms with Crippen LogP contribution in [0.5, 0.6) is 0 Å². The molecule has 0 aliphatic rings. The summed E-state index contributed by atoms with van der Waals surface area (Å²) in [5.74, 6) is -0.158. The first-order valence-corrected chi connectivity index (χ1v) is 7.16. The van der Waals surface area contributed by atoms with Crippen molar-refractivity contribution in [2.75, 3.05) is 6.61 Å². The highest BCUT2D eigenvalue weighted by Crippen LogP contribution is 2.19. The number of nitrogens with zero attached hydrogens (tertiary/aromatic N) is 1. The minimum absolute atomic E-state index is 0.158. The smallest absolute Gasteiger partial charge is 0.311 e. The van der Waals surface area contributed by atoms with Crippen LogP contribution in [0.3, 0.4) is 0 Å². The predicted molar refractivity (Wildman–Crippen MR) is 78.1 cm³/mol. The van der Waals surface area contributed by atoms with Gasteiger partial charge in [0.1, 0.15) is 0 Å². The number of aromatic nitrogens is 1. The molecule has 0 bridgehead atoms. The third-order valence-electron chi connectivity index (χ3n) is 3.06. The van der Waals surface area contributed by atoms with Gasteiger partial charge in [0.2, 0.25) is 0 Å². The fourth-order valence-corrected chi connectivity index (χ4v) is 1.75. The quantitative estimate of drug-likeness (QED) is 0.614. The van der Waals surface area contributed by atoms with E-state index in [-0.39, 0.29) is 5.97 Å². The fraction of sp³-hybridized carbons (Fsp3) is 0.625. The Kier molecular flexibility index (Phi) is 6.65. The van der Waals surface area contributed by atoms with E-state index in [0.29, 0.717) is 6.61 Å². The average Bonchev–Trinajstić information content (AvgIpc) is 2.42. The molecule has 0 radical (unpaired) electrons. The molecule has 1 aromatic rings. The van der Waals surface area contributed by atoms with Crippen molar-refractivity contribution in [3.05, 3.63) is 30.1 Å². The summed E-state index contributed by atoms with van der Waals surface area (Å²) in [5.41, 5.74) is 0.469. The highest BCUT2D eigenvalue weighted by Gasteiger charge is 2.22. The highest BCUT2D eigenvalue weighted by atomic mass is 16.5. The summed E-state index contributed by atoms with van der Waals surface area (Å²) in [7, 11) is 0. The molecule has 112 valence electrons.